The smallest absolute Gasteiger partial charge is 0.211 e. The molecule has 12 heavy (non-hydrogen) atoms. The standard InChI is InChI=1S/C6H11BrN2O2S/c1-2-9(5-3-4-8)12(10,11)6-7/h2-3,5-6H2,1H3. The molecule has 0 aliphatic heterocycles. The Bertz CT molecular complexity index is 257. The summed E-state index contributed by atoms with van der Waals surface area (Å²) < 4.78 is 23.6. The molecule has 0 fully saturated rings. The van der Waals surface area contributed by atoms with E-state index in [0.29, 0.717) is 6.54 Å². The predicted molar refractivity (Wildman–Crippen MR) is 50.2 cm³/mol. The van der Waals surface area contributed by atoms with Crippen LogP contribution in [0.15, 0.2) is 0 Å². The molecule has 6 heteroatoms. The average Bonchev–Trinajstić information content (AvgIpc) is 2.05. The summed E-state index contributed by atoms with van der Waals surface area (Å²) in [7, 11) is -3.18. The second-order valence-corrected chi connectivity index (χ2v) is 5.39. The monoisotopic (exact) mass is 254 g/mol. The Morgan fingerprint density at radius 2 is 2.17 bits per heavy atom. The molecule has 0 saturated heterocycles. The number of halogens is 1. The van der Waals surface area contributed by atoms with Crippen LogP contribution < -0.4 is 0 Å². The summed E-state index contributed by atoms with van der Waals surface area (Å²) in [5, 5.41) is 8.27. The lowest BCUT2D eigenvalue weighted by atomic mass is 10.5. The normalized spacial score (nSPS) is 11.5. The van der Waals surface area contributed by atoms with Crippen LogP contribution in [-0.4, -0.2) is 30.5 Å². The largest absolute Gasteiger partial charge is 0.224 e. The lowest BCUT2D eigenvalue weighted by Gasteiger charge is -2.16. The zero-order valence-corrected chi connectivity index (χ0v) is 9.23. The van der Waals surface area contributed by atoms with Crippen molar-refractivity contribution in [3.05, 3.63) is 0 Å². The van der Waals surface area contributed by atoms with Gasteiger partial charge in [-0.05, 0) is 0 Å². The maximum atomic E-state index is 11.2. The quantitative estimate of drug-likeness (QED) is 0.686. The van der Waals surface area contributed by atoms with Gasteiger partial charge >= 0.3 is 0 Å². The fraction of sp³-hybridized carbons (Fsp3) is 0.833. The van der Waals surface area contributed by atoms with Crippen molar-refractivity contribution in [3.63, 3.8) is 0 Å². The van der Waals surface area contributed by atoms with Crippen LogP contribution >= 0.6 is 15.9 Å². The highest BCUT2D eigenvalue weighted by Crippen LogP contribution is 2.04. The van der Waals surface area contributed by atoms with Gasteiger partial charge in [-0.3, -0.25) is 0 Å². The third-order valence-corrected chi connectivity index (χ3v) is 4.60. The SMILES string of the molecule is CCN(CCC#N)S(=O)(=O)CBr. The molecule has 0 radical (unpaired) electrons. The van der Waals surface area contributed by atoms with Gasteiger partial charge in [0.25, 0.3) is 0 Å². The number of rotatable bonds is 5. The van der Waals surface area contributed by atoms with E-state index in [4.69, 9.17) is 5.26 Å². The minimum absolute atomic E-state index is 0.0841. The molecule has 70 valence electrons. The van der Waals surface area contributed by atoms with Gasteiger partial charge in [0.2, 0.25) is 10.0 Å². The molecule has 0 rings (SSSR count). The molecule has 0 saturated carbocycles. The van der Waals surface area contributed by atoms with Crippen molar-refractivity contribution in [2.24, 2.45) is 0 Å². The first kappa shape index (κ1) is 11.9. The van der Waals surface area contributed by atoms with Crippen LogP contribution in [0.25, 0.3) is 0 Å². The average molecular weight is 255 g/mol. The summed E-state index contributed by atoms with van der Waals surface area (Å²) in [5.41, 5.74) is 0. The topological polar surface area (TPSA) is 61.2 Å². The van der Waals surface area contributed by atoms with Crippen molar-refractivity contribution in [2.45, 2.75) is 13.3 Å². The maximum absolute atomic E-state index is 11.2. The first-order valence-corrected chi connectivity index (χ1v) is 6.22. The van der Waals surface area contributed by atoms with Crippen LogP contribution in [0.4, 0.5) is 0 Å². The molecule has 0 spiro atoms. The molecule has 4 nitrogen and oxygen atoms in total. The summed E-state index contributed by atoms with van der Waals surface area (Å²) in [6, 6.07) is 1.91. The van der Waals surface area contributed by atoms with E-state index in [0.717, 1.165) is 0 Å². The van der Waals surface area contributed by atoms with E-state index in [2.05, 4.69) is 15.9 Å². The van der Waals surface area contributed by atoms with E-state index in [1.807, 2.05) is 6.07 Å². The van der Waals surface area contributed by atoms with Gasteiger partial charge in [-0.2, -0.15) is 5.26 Å². The molecule has 0 aliphatic carbocycles. The summed E-state index contributed by atoms with van der Waals surface area (Å²) in [6.07, 6.45) is 0.236. The molecule has 0 aromatic heterocycles. The molecular weight excluding hydrogens is 244 g/mol. The number of nitrogens with zero attached hydrogens (tertiary/aromatic N) is 2. The van der Waals surface area contributed by atoms with E-state index in [-0.39, 0.29) is 17.6 Å². The van der Waals surface area contributed by atoms with Crippen molar-refractivity contribution < 1.29 is 8.42 Å². The summed E-state index contributed by atoms with van der Waals surface area (Å²) >= 11 is 2.89. The van der Waals surface area contributed by atoms with Crippen molar-refractivity contribution >= 4 is 26.0 Å². The second kappa shape index (κ2) is 5.51. The number of alkyl halides is 1. The van der Waals surface area contributed by atoms with Gasteiger partial charge in [0, 0.05) is 19.5 Å². The van der Waals surface area contributed by atoms with Crippen molar-refractivity contribution in [2.75, 3.05) is 17.8 Å². The summed E-state index contributed by atoms with van der Waals surface area (Å²) in [6.45, 7) is 2.44. The Morgan fingerprint density at radius 1 is 1.58 bits per heavy atom. The number of sulfonamides is 1. The van der Waals surface area contributed by atoms with Gasteiger partial charge < -0.3 is 0 Å². The zero-order chi connectivity index (χ0) is 9.61. The Labute approximate surface area is 81.3 Å². The highest BCUT2D eigenvalue weighted by atomic mass is 79.9. The molecular formula is C6H11BrN2O2S. The number of nitriles is 1. The minimum atomic E-state index is -3.18. The number of hydrogen-bond donors (Lipinski definition) is 0. The Kier molecular flexibility index (Phi) is 5.46. The predicted octanol–water partition coefficient (Wildman–Crippen LogP) is 0.904. The van der Waals surface area contributed by atoms with Gasteiger partial charge in [0.15, 0.2) is 0 Å². The van der Waals surface area contributed by atoms with E-state index in [1.54, 1.807) is 6.92 Å². The van der Waals surface area contributed by atoms with E-state index < -0.39 is 10.0 Å². The van der Waals surface area contributed by atoms with Gasteiger partial charge in [-0.1, -0.05) is 22.9 Å². The highest BCUT2D eigenvalue weighted by molar-refractivity contribution is 9.10. The first-order chi connectivity index (χ1) is 5.58. The fourth-order valence-corrected chi connectivity index (χ4v) is 2.51. The van der Waals surface area contributed by atoms with Crippen LogP contribution in [-0.2, 0) is 10.0 Å². The molecule has 0 aliphatic rings. The van der Waals surface area contributed by atoms with E-state index in [1.165, 1.54) is 4.31 Å². The van der Waals surface area contributed by atoms with Crippen LogP contribution in [0.5, 0.6) is 0 Å². The lowest BCUT2D eigenvalue weighted by molar-refractivity contribution is 0.439. The maximum Gasteiger partial charge on any atom is 0.224 e. The van der Waals surface area contributed by atoms with Crippen LogP contribution in [0.1, 0.15) is 13.3 Å². The Hall–Kier alpha value is -0.120. The Morgan fingerprint density at radius 3 is 2.50 bits per heavy atom. The van der Waals surface area contributed by atoms with Gasteiger partial charge in [0.1, 0.15) is 4.66 Å². The van der Waals surface area contributed by atoms with Crippen molar-refractivity contribution in [1.82, 2.24) is 4.31 Å². The van der Waals surface area contributed by atoms with E-state index in [9.17, 15) is 8.42 Å². The highest BCUT2D eigenvalue weighted by Gasteiger charge is 2.17. The molecule has 0 bridgehead atoms. The molecule has 0 aromatic carbocycles. The lowest BCUT2D eigenvalue weighted by Crippen LogP contribution is -2.32. The molecule has 0 N–H and O–H groups in total. The first-order valence-electron chi connectivity index (χ1n) is 3.49. The number of hydrogen-bond acceptors (Lipinski definition) is 3. The molecule has 0 aromatic rings. The van der Waals surface area contributed by atoms with E-state index >= 15 is 0 Å². The molecule has 0 heterocycles. The second-order valence-electron chi connectivity index (χ2n) is 2.12. The third kappa shape index (κ3) is 3.52. The minimum Gasteiger partial charge on any atom is -0.211 e. The van der Waals surface area contributed by atoms with Gasteiger partial charge in [-0.25, -0.2) is 12.7 Å². The summed E-state index contributed by atoms with van der Waals surface area (Å²) in [4.78, 5) is 0. The zero-order valence-electron chi connectivity index (χ0n) is 6.83. The van der Waals surface area contributed by atoms with Crippen molar-refractivity contribution in [1.29, 1.82) is 5.26 Å². The van der Waals surface area contributed by atoms with Gasteiger partial charge in [0.05, 0.1) is 6.07 Å². The molecule has 0 unspecified atom stereocenters. The molecule has 0 amide bonds. The van der Waals surface area contributed by atoms with Crippen molar-refractivity contribution in [3.8, 4) is 6.07 Å². The van der Waals surface area contributed by atoms with Crippen LogP contribution in [0, 0.1) is 11.3 Å². The summed E-state index contributed by atoms with van der Waals surface area (Å²) in [5.74, 6) is 0. The third-order valence-electron chi connectivity index (χ3n) is 1.36. The van der Waals surface area contributed by atoms with Crippen LogP contribution in [0.2, 0.25) is 0 Å². The molecule has 0 atom stereocenters. The van der Waals surface area contributed by atoms with Crippen LogP contribution in [0.3, 0.4) is 0 Å². The van der Waals surface area contributed by atoms with Gasteiger partial charge in [-0.15, -0.1) is 0 Å². The fourth-order valence-electron chi connectivity index (χ4n) is 0.738. The Balaban J connectivity index is 4.27.